The van der Waals surface area contributed by atoms with Gasteiger partial charge >= 0.3 is 0 Å². The molecular formula is C11H20Cl2N2O2. The van der Waals surface area contributed by atoms with Crippen LogP contribution in [0, 0.1) is 0 Å². The molecule has 0 aromatic heterocycles. The van der Waals surface area contributed by atoms with Gasteiger partial charge in [0.05, 0.1) is 19.3 Å². The van der Waals surface area contributed by atoms with E-state index in [9.17, 15) is 4.79 Å². The largest absolute Gasteiger partial charge is 0.378 e. The first kappa shape index (κ1) is 15.0. The fourth-order valence-corrected chi connectivity index (χ4v) is 2.35. The van der Waals surface area contributed by atoms with E-state index in [2.05, 4.69) is 0 Å². The number of carbonyl (C=O) groups excluding carboxylic acids is 1. The molecular weight excluding hydrogens is 263 g/mol. The van der Waals surface area contributed by atoms with Crippen molar-refractivity contribution in [3.05, 3.63) is 0 Å². The van der Waals surface area contributed by atoms with Gasteiger partial charge < -0.3 is 9.64 Å². The molecule has 0 unspecified atom stereocenters. The van der Waals surface area contributed by atoms with Crippen LogP contribution >= 0.6 is 23.2 Å². The van der Waals surface area contributed by atoms with Gasteiger partial charge in [0.1, 0.15) is 0 Å². The summed E-state index contributed by atoms with van der Waals surface area (Å²) in [5, 5.41) is 0. The van der Waals surface area contributed by atoms with Crippen molar-refractivity contribution in [2.24, 2.45) is 0 Å². The van der Waals surface area contributed by atoms with Crippen LogP contribution in [0.15, 0.2) is 0 Å². The summed E-state index contributed by atoms with van der Waals surface area (Å²) in [6.45, 7) is 5.90. The number of rotatable bonds is 6. The molecule has 1 amide bonds. The van der Waals surface area contributed by atoms with E-state index in [-0.39, 0.29) is 11.9 Å². The van der Waals surface area contributed by atoms with Crippen LogP contribution in [-0.2, 0) is 9.53 Å². The van der Waals surface area contributed by atoms with E-state index in [1.54, 1.807) is 0 Å². The average Bonchev–Trinajstić information content (AvgIpc) is 2.38. The number of hydrogen-bond acceptors (Lipinski definition) is 3. The van der Waals surface area contributed by atoms with E-state index in [4.69, 9.17) is 27.9 Å². The first-order valence-electron chi connectivity index (χ1n) is 5.93. The lowest BCUT2D eigenvalue weighted by atomic mass is 10.2. The highest BCUT2D eigenvalue weighted by molar-refractivity contribution is 6.18. The molecule has 0 N–H and O–H groups in total. The van der Waals surface area contributed by atoms with Crippen LogP contribution in [0.1, 0.15) is 6.92 Å². The minimum Gasteiger partial charge on any atom is -0.378 e. The normalized spacial score (nSPS) is 18.5. The zero-order valence-electron chi connectivity index (χ0n) is 10.2. The second-order valence-corrected chi connectivity index (χ2v) is 4.78. The quantitative estimate of drug-likeness (QED) is 0.682. The highest BCUT2D eigenvalue weighted by Crippen LogP contribution is 2.07. The number of ether oxygens (including phenoxy) is 1. The van der Waals surface area contributed by atoms with Gasteiger partial charge in [-0.3, -0.25) is 9.69 Å². The summed E-state index contributed by atoms with van der Waals surface area (Å²) < 4.78 is 5.24. The van der Waals surface area contributed by atoms with Crippen molar-refractivity contribution in [3.8, 4) is 0 Å². The van der Waals surface area contributed by atoms with E-state index >= 15 is 0 Å². The number of halogens is 2. The molecule has 100 valence electrons. The van der Waals surface area contributed by atoms with Gasteiger partial charge in [0.25, 0.3) is 0 Å². The highest BCUT2D eigenvalue weighted by atomic mass is 35.5. The topological polar surface area (TPSA) is 32.8 Å². The lowest BCUT2D eigenvalue weighted by Crippen LogP contribution is -2.51. The van der Waals surface area contributed by atoms with Crippen molar-refractivity contribution < 1.29 is 9.53 Å². The SMILES string of the molecule is C[C@@H](C(=O)N1CCOCC1)N(CCCl)CCCl. The maximum atomic E-state index is 12.2. The molecule has 0 aromatic rings. The summed E-state index contributed by atoms with van der Waals surface area (Å²) in [5.74, 6) is 1.17. The van der Waals surface area contributed by atoms with E-state index in [0.717, 1.165) is 0 Å². The van der Waals surface area contributed by atoms with Crippen LogP contribution in [-0.4, -0.2) is 72.9 Å². The Hall–Kier alpha value is -0.0300. The van der Waals surface area contributed by atoms with Crippen LogP contribution in [0.5, 0.6) is 0 Å². The summed E-state index contributed by atoms with van der Waals surface area (Å²) in [6, 6.07) is -0.161. The Bertz CT molecular complexity index is 230. The summed E-state index contributed by atoms with van der Waals surface area (Å²) in [4.78, 5) is 16.1. The summed E-state index contributed by atoms with van der Waals surface area (Å²) in [5.41, 5.74) is 0. The molecule has 1 heterocycles. The minimum absolute atomic E-state index is 0.142. The zero-order valence-corrected chi connectivity index (χ0v) is 11.7. The van der Waals surface area contributed by atoms with E-state index in [0.29, 0.717) is 51.2 Å². The monoisotopic (exact) mass is 282 g/mol. The van der Waals surface area contributed by atoms with Crippen molar-refractivity contribution in [3.63, 3.8) is 0 Å². The van der Waals surface area contributed by atoms with Gasteiger partial charge in [-0.15, -0.1) is 23.2 Å². The third-order valence-corrected chi connectivity index (χ3v) is 3.31. The van der Waals surface area contributed by atoms with Crippen LogP contribution < -0.4 is 0 Å². The van der Waals surface area contributed by atoms with E-state index in [1.807, 2.05) is 16.7 Å². The molecule has 0 radical (unpaired) electrons. The third-order valence-electron chi connectivity index (χ3n) is 2.97. The summed E-state index contributed by atoms with van der Waals surface area (Å²) in [7, 11) is 0. The van der Waals surface area contributed by atoms with Gasteiger partial charge in [-0.1, -0.05) is 0 Å². The van der Waals surface area contributed by atoms with Crippen molar-refractivity contribution in [1.82, 2.24) is 9.80 Å². The summed E-state index contributed by atoms with van der Waals surface area (Å²) in [6.07, 6.45) is 0. The molecule has 1 fully saturated rings. The lowest BCUT2D eigenvalue weighted by molar-refractivity contribution is -0.140. The predicted octanol–water partition coefficient (Wildman–Crippen LogP) is 1.01. The van der Waals surface area contributed by atoms with Gasteiger partial charge in [-0.2, -0.15) is 0 Å². The second kappa shape index (κ2) is 8.14. The van der Waals surface area contributed by atoms with Gasteiger partial charge in [0.15, 0.2) is 0 Å². The Morgan fingerprint density at radius 3 is 2.29 bits per heavy atom. The van der Waals surface area contributed by atoms with Gasteiger partial charge in [-0.25, -0.2) is 0 Å². The maximum absolute atomic E-state index is 12.2. The molecule has 1 aliphatic rings. The Morgan fingerprint density at radius 1 is 1.29 bits per heavy atom. The van der Waals surface area contributed by atoms with Crippen LogP contribution in [0.4, 0.5) is 0 Å². The predicted molar refractivity (Wildman–Crippen MR) is 69.9 cm³/mol. The van der Waals surface area contributed by atoms with Gasteiger partial charge in [-0.05, 0) is 6.92 Å². The van der Waals surface area contributed by atoms with Gasteiger partial charge in [0.2, 0.25) is 5.91 Å². The second-order valence-electron chi connectivity index (χ2n) is 4.03. The lowest BCUT2D eigenvalue weighted by Gasteiger charge is -2.33. The number of amides is 1. The first-order valence-corrected chi connectivity index (χ1v) is 7.00. The fourth-order valence-electron chi connectivity index (χ4n) is 1.92. The smallest absolute Gasteiger partial charge is 0.239 e. The number of alkyl halides is 2. The van der Waals surface area contributed by atoms with Crippen LogP contribution in [0.2, 0.25) is 0 Å². The molecule has 17 heavy (non-hydrogen) atoms. The first-order chi connectivity index (χ1) is 8.20. The number of morpholine rings is 1. The Morgan fingerprint density at radius 2 is 1.82 bits per heavy atom. The van der Waals surface area contributed by atoms with Crippen molar-refractivity contribution in [2.75, 3.05) is 51.2 Å². The number of hydrogen-bond donors (Lipinski definition) is 0. The molecule has 0 aromatic carbocycles. The van der Waals surface area contributed by atoms with Gasteiger partial charge in [0, 0.05) is 37.9 Å². The third kappa shape index (κ3) is 4.62. The average molecular weight is 283 g/mol. The van der Waals surface area contributed by atoms with Crippen molar-refractivity contribution in [2.45, 2.75) is 13.0 Å². The number of nitrogens with zero attached hydrogens (tertiary/aromatic N) is 2. The molecule has 0 aliphatic carbocycles. The zero-order chi connectivity index (χ0) is 12.7. The fraction of sp³-hybridized carbons (Fsp3) is 0.909. The minimum atomic E-state index is -0.161. The molecule has 1 aliphatic heterocycles. The Kier molecular flexibility index (Phi) is 7.19. The van der Waals surface area contributed by atoms with Crippen LogP contribution in [0.25, 0.3) is 0 Å². The molecule has 0 spiro atoms. The Balaban J connectivity index is 2.51. The molecule has 4 nitrogen and oxygen atoms in total. The van der Waals surface area contributed by atoms with E-state index < -0.39 is 0 Å². The van der Waals surface area contributed by atoms with Crippen LogP contribution in [0.3, 0.4) is 0 Å². The standard InChI is InChI=1S/C11H20Cl2N2O2/c1-10(14(4-2-12)5-3-13)11(16)15-6-8-17-9-7-15/h10H,2-9H2,1H3/t10-/m0/s1. The molecule has 6 heteroatoms. The summed E-state index contributed by atoms with van der Waals surface area (Å²) >= 11 is 11.5. The van der Waals surface area contributed by atoms with E-state index in [1.165, 1.54) is 0 Å². The van der Waals surface area contributed by atoms with Crippen molar-refractivity contribution >= 4 is 29.1 Å². The molecule has 1 rings (SSSR count). The highest BCUT2D eigenvalue weighted by Gasteiger charge is 2.26. The Labute approximate surface area is 113 Å². The molecule has 1 atom stereocenters. The maximum Gasteiger partial charge on any atom is 0.239 e. The molecule has 1 saturated heterocycles. The van der Waals surface area contributed by atoms with Crippen molar-refractivity contribution in [1.29, 1.82) is 0 Å². The molecule has 0 bridgehead atoms. The number of carbonyl (C=O) groups is 1. The molecule has 0 saturated carbocycles.